The summed E-state index contributed by atoms with van der Waals surface area (Å²) in [5.41, 5.74) is 3.14. The highest BCUT2D eigenvalue weighted by atomic mass is 32.1. The van der Waals surface area contributed by atoms with E-state index in [1.807, 2.05) is 30.5 Å². The van der Waals surface area contributed by atoms with E-state index in [2.05, 4.69) is 27.5 Å². The molecule has 1 aromatic heterocycles. The zero-order valence-electron chi connectivity index (χ0n) is 19.4. The van der Waals surface area contributed by atoms with Crippen molar-refractivity contribution in [1.29, 1.82) is 0 Å². The van der Waals surface area contributed by atoms with Crippen molar-refractivity contribution in [2.75, 3.05) is 38.1 Å². The minimum atomic E-state index is -0.359. The molecule has 1 saturated heterocycles. The molecule has 1 atom stereocenters. The van der Waals surface area contributed by atoms with Crippen LogP contribution in [-0.2, 0) is 6.54 Å². The van der Waals surface area contributed by atoms with E-state index in [1.165, 1.54) is 23.5 Å². The smallest absolute Gasteiger partial charge is 0.261 e. The molecule has 0 spiro atoms. The van der Waals surface area contributed by atoms with Crippen LogP contribution in [0, 0.1) is 5.82 Å². The Labute approximate surface area is 203 Å². The molecule has 178 valence electrons. The fourth-order valence-corrected chi connectivity index (χ4v) is 4.66. The molecule has 0 unspecified atom stereocenters. The fourth-order valence-electron chi connectivity index (χ4n) is 4.02. The van der Waals surface area contributed by atoms with Crippen LogP contribution in [0.1, 0.15) is 44.1 Å². The Balaban J connectivity index is 1.39. The van der Waals surface area contributed by atoms with Crippen molar-refractivity contribution in [1.82, 2.24) is 15.5 Å². The monoisotopic (exact) mass is 480 g/mol. The largest absolute Gasteiger partial charge is 0.369 e. The topological polar surface area (TPSA) is 64.7 Å². The first-order valence-electron chi connectivity index (χ1n) is 11.3. The number of rotatable bonds is 7. The maximum Gasteiger partial charge on any atom is 0.261 e. The van der Waals surface area contributed by atoms with Gasteiger partial charge in [0, 0.05) is 49.5 Å². The van der Waals surface area contributed by atoms with Gasteiger partial charge in [-0.3, -0.25) is 9.59 Å². The van der Waals surface area contributed by atoms with Crippen molar-refractivity contribution in [2.24, 2.45) is 0 Å². The van der Waals surface area contributed by atoms with Crippen molar-refractivity contribution in [3.05, 3.63) is 87.4 Å². The Kier molecular flexibility index (Phi) is 7.59. The Morgan fingerprint density at radius 1 is 1.03 bits per heavy atom. The number of carbonyl (C=O) groups excluding carboxylic acids is 2. The fraction of sp³-hybridized carbons (Fsp3) is 0.308. The zero-order chi connectivity index (χ0) is 24.1. The number of piperazine rings is 1. The minimum absolute atomic E-state index is 0.114. The van der Waals surface area contributed by atoms with Crippen molar-refractivity contribution >= 4 is 28.8 Å². The molecule has 3 aromatic rings. The predicted octanol–water partition coefficient (Wildman–Crippen LogP) is 4.06. The van der Waals surface area contributed by atoms with Gasteiger partial charge in [-0.15, -0.1) is 11.3 Å². The standard InChI is InChI=1S/C26H29FN4O2S/c1-18(22-16-21(27)9-10-23(22)31-13-11-30(2)12-14-31)29-25(32)20-7-5-19(6-8-20)17-28-26(33)24-4-3-15-34-24/h3-10,15-16,18H,11-14,17H2,1-2H3,(H,28,33)(H,29,32)/t18-/m1/s1. The average molecular weight is 481 g/mol. The second-order valence-electron chi connectivity index (χ2n) is 8.55. The molecule has 2 heterocycles. The van der Waals surface area contributed by atoms with Gasteiger partial charge in [0.2, 0.25) is 0 Å². The van der Waals surface area contributed by atoms with E-state index in [4.69, 9.17) is 0 Å². The predicted molar refractivity (Wildman–Crippen MR) is 134 cm³/mol. The number of amides is 2. The second kappa shape index (κ2) is 10.8. The Morgan fingerprint density at radius 3 is 2.44 bits per heavy atom. The number of hydrogen-bond donors (Lipinski definition) is 2. The van der Waals surface area contributed by atoms with Gasteiger partial charge in [0.25, 0.3) is 11.8 Å². The number of anilines is 1. The number of halogens is 1. The number of nitrogens with zero attached hydrogens (tertiary/aromatic N) is 2. The highest BCUT2D eigenvalue weighted by molar-refractivity contribution is 7.12. The molecule has 4 rings (SSSR count). The van der Waals surface area contributed by atoms with Crippen molar-refractivity contribution in [3.8, 4) is 0 Å². The lowest BCUT2D eigenvalue weighted by molar-refractivity contribution is 0.0935. The van der Waals surface area contributed by atoms with Crippen LogP contribution in [0.4, 0.5) is 10.1 Å². The quantitative estimate of drug-likeness (QED) is 0.535. The van der Waals surface area contributed by atoms with E-state index in [1.54, 1.807) is 24.3 Å². The summed E-state index contributed by atoms with van der Waals surface area (Å²) in [6.45, 7) is 5.86. The number of benzene rings is 2. The molecule has 6 nitrogen and oxygen atoms in total. The first kappa shape index (κ1) is 23.9. The van der Waals surface area contributed by atoms with Gasteiger partial charge in [-0.1, -0.05) is 18.2 Å². The molecule has 2 N–H and O–H groups in total. The van der Waals surface area contributed by atoms with E-state index >= 15 is 0 Å². The molecule has 1 aliphatic rings. The van der Waals surface area contributed by atoms with Crippen molar-refractivity contribution in [2.45, 2.75) is 19.5 Å². The average Bonchev–Trinajstić information content (AvgIpc) is 3.38. The number of nitrogens with one attached hydrogen (secondary N) is 2. The number of carbonyl (C=O) groups is 2. The zero-order valence-corrected chi connectivity index (χ0v) is 20.2. The molecule has 34 heavy (non-hydrogen) atoms. The summed E-state index contributed by atoms with van der Waals surface area (Å²) in [5, 5.41) is 7.74. The molecular formula is C26H29FN4O2S. The lowest BCUT2D eigenvalue weighted by Gasteiger charge is -2.36. The first-order chi connectivity index (χ1) is 16.4. The molecule has 1 aliphatic heterocycles. The lowest BCUT2D eigenvalue weighted by atomic mass is 10.0. The van der Waals surface area contributed by atoms with Crippen molar-refractivity contribution < 1.29 is 14.0 Å². The summed E-state index contributed by atoms with van der Waals surface area (Å²) in [6, 6.07) is 15.2. The van der Waals surface area contributed by atoms with Crippen LogP contribution in [0.25, 0.3) is 0 Å². The number of thiophene rings is 1. The highest BCUT2D eigenvalue weighted by Crippen LogP contribution is 2.28. The molecule has 1 fully saturated rings. The van der Waals surface area contributed by atoms with Crippen LogP contribution < -0.4 is 15.5 Å². The summed E-state index contributed by atoms with van der Waals surface area (Å²) in [6.07, 6.45) is 0. The Bertz CT molecular complexity index is 1130. The van der Waals surface area contributed by atoms with Crippen LogP contribution in [0.3, 0.4) is 0 Å². The maximum atomic E-state index is 14.1. The van der Waals surface area contributed by atoms with Gasteiger partial charge in [-0.05, 0) is 61.3 Å². The summed E-state index contributed by atoms with van der Waals surface area (Å²) < 4.78 is 14.1. The molecule has 0 radical (unpaired) electrons. The van der Waals surface area contributed by atoms with Crippen LogP contribution in [0.5, 0.6) is 0 Å². The maximum absolute atomic E-state index is 14.1. The molecule has 0 saturated carbocycles. The Hall–Kier alpha value is -3.23. The van der Waals surface area contributed by atoms with Gasteiger partial charge in [0.15, 0.2) is 0 Å². The summed E-state index contributed by atoms with van der Waals surface area (Å²) in [4.78, 5) is 30.2. The molecule has 0 bridgehead atoms. The van der Waals surface area contributed by atoms with Gasteiger partial charge in [-0.2, -0.15) is 0 Å². The van der Waals surface area contributed by atoms with E-state index in [-0.39, 0.29) is 23.7 Å². The third-order valence-electron chi connectivity index (χ3n) is 6.06. The first-order valence-corrected chi connectivity index (χ1v) is 12.2. The lowest BCUT2D eigenvalue weighted by Crippen LogP contribution is -2.45. The second-order valence-corrected chi connectivity index (χ2v) is 9.49. The van der Waals surface area contributed by atoms with Crippen LogP contribution >= 0.6 is 11.3 Å². The number of hydrogen-bond acceptors (Lipinski definition) is 5. The minimum Gasteiger partial charge on any atom is -0.369 e. The van der Waals surface area contributed by atoms with Crippen LogP contribution in [0.15, 0.2) is 60.0 Å². The molecule has 8 heteroatoms. The Morgan fingerprint density at radius 2 is 1.76 bits per heavy atom. The van der Waals surface area contributed by atoms with Crippen LogP contribution in [0.2, 0.25) is 0 Å². The van der Waals surface area contributed by atoms with Gasteiger partial charge < -0.3 is 20.4 Å². The van der Waals surface area contributed by atoms with Gasteiger partial charge in [0.1, 0.15) is 5.82 Å². The normalized spacial score (nSPS) is 15.1. The summed E-state index contributed by atoms with van der Waals surface area (Å²) >= 11 is 1.39. The molecular weight excluding hydrogens is 451 g/mol. The van der Waals surface area contributed by atoms with E-state index in [9.17, 15) is 14.0 Å². The van der Waals surface area contributed by atoms with Gasteiger partial charge in [-0.25, -0.2) is 4.39 Å². The number of likely N-dealkylation sites (N-methyl/N-ethyl adjacent to an activating group) is 1. The molecule has 2 amide bonds. The third-order valence-corrected chi connectivity index (χ3v) is 6.93. The van der Waals surface area contributed by atoms with E-state index in [0.29, 0.717) is 17.0 Å². The molecule has 2 aromatic carbocycles. The molecule has 0 aliphatic carbocycles. The summed E-state index contributed by atoms with van der Waals surface area (Å²) in [5.74, 6) is -0.657. The van der Waals surface area contributed by atoms with Crippen LogP contribution in [-0.4, -0.2) is 49.9 Å². The SMILES string of the molecule is C[C@@H](NC(=O)c1ccc(CNC(=O)c2cccs2)cc1)c1cc(F)ccc1N1CCN(C)CC1. The highest BCUT2D eigenvalue weighted by Gasteiger charge is 2.21. The third kappa shape index (κ3) is 5.81. The van der Waals surface area contributed by atoms with E-state index in [0.717, 1.165) is 43.0 Å². The van der Waals surface area contributed by atoms with Crippen molar-refractivity contribution in [3.63, 3.8) is 0 Å². The van der Waals surface area contributed by atoms with Gasteiger partial charge in [0.05, 0.1) is 10.9 Å². The van der Waals surface area contributed by atoms with Gasteiger partial charge >= 0.3 is 0 Å². The summed E-state index contributed by atoms with van der Waals surface area (Å²) in [7, 11) is 2.09. The van der Waals surface area contributed by atoms with E-state index < -0.39 is 0 Å².